The molecular weight excluding hydrogens is 248 g/mol. The summed E-state index contributed by atoms with van der Waals surface area (Å²) >= 11 is 0. The predicted octanol–water partition coefficient (Wildman–Crippen LogP) is 1.63. The maximum atomic E-state index is 11.9. The molecule has 2 N–H and O–H groups in total. The number of nitrogens with one attached hydrogen (secondary N) is 2. The van der Waals surface area contributed by atoms with Crippen molar-refractivity contribution < 1.29 is 8.42 Å². The molecular formula is C13H26N2O2S. The van der Waals surface area contributed by atoms with Crippen molar-refractivity contribution in [2.24, 2.45) is 5.92 Å². The van der Waals surface area contributed by atoms with Crippen LogP contribution in [-0.4, -0.2) is 32.8 Å². The fraction of sp³-hybridized carbons (Fsp3) is 1.00. The second kappa shape index (κ2) is 6.35. The van der Waals surface area contributed by atoms with E-state index in [9.17, 15) is 8.42 Å². The van der Waals surface area contributed by atoms with Gasteiger partial charge in [-0.25, -0.2) is 13.1 Å². The zero-order chi connectivity index (χ0) is 13.0. The molecule has 0 aromatic carbocycles. The summed E-state index contributed by atoms with van der Waals surface area (Å²) in [4.78, 5) is 0. The third-order valence-corrected chi connectivity index (χ3v) is 5.41. The van der Waals surface area contributed by atoms with Crippen molar-refractivity contribution in [3.63, 3.8) is 0 Å². The first kappa shape index (κ1) is 14.3. The Morgan fingerprint density at radius 1 is 1.06 bits per heavy atom. The molecule has 0 spiro atoms. The highest BCUT2D eigenvalue weighted by Gasteiger charge is 2.25. The Kier molecular flexibility index (Phi) is 5.04. The molecule has 0 aromatic heterocycles. The van der Waals surface area contributed by atoms with E-state index in [-0.39, 0.29) is 11.8 Å². The van der Waals surface area contributed by atoms with Crippen molar-refractivity contribution in [2.45, 2.75) is 64.0 Å². The van der Waals surface area contributed by atoms with E-state index < -0.39 is 10.0 Å². The molecule has 0 saturated heterocycles. The van der Waals surface area contributed by atoms with Crippen LogP contribution in [0.2, 0.25) is 0 Å². The number of unbranched alkanes of at least 4 members (excludes halogenated alkanes) is 1. The quantitative estimate of drug-likeness (QED) is 0.661. The van der Waals surface area contributed by atoms with Crippen LogP contribution >= 0.6 is 0 Å². The lowest BCUT2D eigenvalue weighted by Crippen LogP contribution is -2.34. The number of rotatable bonds is 8. The Morgan fingerprint density at radius 3 is 2.39 bits per heavy atom. The van der Waals surface area contributed by atoms with E-state index in [1.54, 1.807) is 0 Å². The molecule has 2 aliphatic carbocycles. The third-order valence-electron chi connectivity index (χ3n) is 3.89. The molecule has 0 heterocycles. The Morgan fingerprint density at radius 2 is 1.78 bits per heavy atom. The van der Waals surface area contributed by atoms with Crippen LogP contribution in [0.4, 0.5) is 0 Å². The van der Waals surface area contributed by atoms with Crippen LogP contribution < -0.4 is 10.0 Å². The summed E-state index contributed by atoms with van der Waals surface area (Å²) in [5, 5.41) is 3.41. The number of sulfonamides is 1. The van der Waals surface area contributed by atoms with Crippen molar-refractivity contribution >= 4 is 10.0 Å². The van der Waals surface area contributed by atoms with Crippen molar-refractivity contribution in [3.8, 4) is 0 Å². The van der Waals surface area contributed by atoms with Gasteiger partial charge in [0.2, 0.25) is 10.0 Å². The summed E-state index contributed by atoms with van der Waals surface area (Å²) in [6, 6.07) is 0.911. The number of hydrogen-bond donors (Lipinski definition) is 2. The van der Waals surface area contributed by atoms with Crippen LogP contribution in [0.25, 0.3) is 0 Å². The van der Waals surface area contributed by atoms with Gasteiger partial charge in [-0.05, 0) is 57.4 Å². The maximum absolute atomic E-state index is 11.9. The summed E-state index contributed by atoms with van der Waals surface area (Å²) in [7, 11) is -3.05. The molecule has 18 heavy (non-hydrogen) atoms. The Balaban J connectivity index is 1.57. The molecule has 0 aromatic rings. The minimum Gasteiger partial charge on any atom is -0.314 e. The van der Waals surface area contributed by atoms with E-state index in [1.165, 1.54) is 12.8 Å². The molecule has 2 unspecified atom stereocenters. The van der Waals surface area contributed by atoms with Crippen molar-refractivity contribution in [1.29, 1.82) is 0 Å². The SMILES string of the molecule is CC1CCC(NS(=O)(=O)CCCCNC2CC2)C1. The lowest BCUT2D eigenvalue weighted by Gasteiger charge is -2.12. The lowest BCUT2D eigenvalue weighted by molar-refractivity contribution is 0.534. The Bertz CT molecular complexity index is 352. The van der Waals surface area contributed by atoms with Gasteiger partial charge >= 0.3 is 0 Å². The summed E-state index contributed by atoms with van der Waals surface area (Å²) in [5.41, 5.74) is 0. The first-order valence-corrected chi connectivity index (χ1v) is 8.94. The maximum Gasteiger partial charge on any atom is 0.211 e. The van der Waals surface area contributed by atoms with E-state index in [0.717, 1.165) is 44.7 Å². The van der Waals surface area contributed by atoms with Gasteiger partial charge in [-0.3, -0.25) is 0 Å². The fourth-order valence-corrected chi connectivity index (χ4v) is 4.06. The molecule has 4 nitrogen and oxygen atoms in total. The molecule has 2 rings (SSSR count). The average Bonchev–Trinajstić information content (AvgIpc) is 3.02. The van der Waals surface area contributed by atoms with Gasteiger partial charge in [-0.15, -0.1) is 0 Å². The summed E-state index contributed by atoms with van der Waals surface area (Å²) in [6.45, 7) is 3.15. The van der Waals surface area contributed by atoms with Crippen LogP contribution in [0.15, 0.2) is 0 Å². The molecule has 2 saturated carbocycles. The van der Waals surface area contributed by atoms with Crippen molar-refractivity contribution in [1.82, 2.24) is 10.0 Å². The van der Waals surface area contributed by atoms with E-state index in [0.29, 0.717) is 5.92 Å². The second-order valence-corrected chi connectivity index (χ2v) is 7.86. The first-order valence-electron chi connectivity index (χ1n) is 7.28. The normalized spacial score (nSPS) is 28.7. The zero-order valence-electron chi connectivity index (χ0n) is 11.3. The van der Waals surface area contributed by atoms with Crippen LogP contribution in [0.3, 0.4) is 0 Å². The Hall–Kier alpha value is -0.130. The minimum absolute atomic E-state index is 0.189. The van der Waals surface area contributed by atoms with Gasteiger partial charge in [0.05, 0.1) is 5.75 Å². The summed E-state index contributed by atoms with van der Waals surface area (Å²) in [6.07, 6.45) is 7.46. The first-order chi connectivity index (χ1) is 8.55. The second-order valence-electron chi connectivity index (χ2n) is 5.99. The molecule has 2 atom stereocenters. The highest BCUT2D eigenvalue weighted by atomic mass is 32.2. The van der Waals surface area contributed by atoms with Crippen molar-refractivity contribution in [3.05, 3.63) is 0 Å². The fourth-order valence-electron chi connectivity index (χ4n) is 2.64. The van der Waals surface area contributed by atoms with Gasteiger partial charge in [0, 0.05) is 12.1 Å². The molecule has 0 bridgehead atoms. The molecule has 2 aliphatic rings. The van der Waals surface area contributed by atoms with Gasteiger partial charge in [0.15, 0.2) is 0 Å². The molecule has 5 heteroatoms. The lowest BCUT2D eigenvalue weighted by atomic mass is 10.1. The predicted molar refractivity (Wildman–Crippen MR) is 74.0 cm³/mol. The van der Waals surface area contributed by atoms with Crippen LogP contribution in [0.1, 0.15) is 51.9 Å². The van der Waals surface area contributed by atoms with Gasteiger partial charge in [0.1, 0.15) is 0 Å². The topological polar surface area (TPSA) is 58.2 Å². The van der Waals surface area contributed by atoms with E-state index >= 15 is 0 Å². The Labute approximate surface area is 111 Å². The van der Waals surface area contributed by atoms with Crippen LogP contribution in [0.5, 0.6) is 0 Å². The van der Waals surface area contributed by atoms with E-state index in [1.807, 2.05) is 0 Å². The molecule has 0 aliphatic heterocycles. The summed E-state index contributed by atoms with van der Waals surface area (Å²) < 4.78 is 26.6. The molecule has 0 radical (unpaired) electrons. The highest BCUT2D eigenvalue weighted by Crippen LogP contribution is 2.25. The average molecular weight is 274 g/mol. The van der Waals surface area contributed by atoms with Crippen LogP contribution in [0, 0.1) is 5.92 Å². The molecule has 0 amide bonds. The zero-order valence-corrected chi connectivity index (χ0v) is 12.1. The molecule has 2 fully saturated rings. The summed E-state index contributed by atoms with van der Waals surface area (Å²) in [5.74, 6) is 0.949. The van der Waals surface area contributed by atoms with E-state index in [4.69, 9.17) is 0 Å². The largest absolute Gasteiger partial charge is 0.314 e. The smallest absolute Gasteiger partial charge is 0.211 e. The minimum atomic E-state index is -3.05. The third kappa shape index (κ3) is 5.24. The highest BCUT2D eigenvalue weighted by molar-refractivity contribution is 7.89. The van der Waals surface area contributed by atoms with Crippen LogP contribution in [-0.2, 0) is 10.0 Å². The standard InChI is InChI=1S/C13H26N2O2S/c1-11-4-5-13(10-11)15-18(16,17)9-3-2-8-14-12-6-7-12/h11-15H,2-10H2,1H3. The molecule has 106 valence electrons. The van der Waals surface area contributed by atoms with Gasteiger partial charge in [0.25, 0.3) is 0 Å². The van der Waals surface area contributed by atoms with Gasteiger partial charge in [-0.2, -0.15) is 0 Å². The van der Waals surface area contributed by atoms with Crippen molar-refractivity contribution in [2.75, 3.05) is 12.3 Å². The van der Waals surface area contributed by atoms with E-state index in [2.05, 4.69) is 17.0 Å². The van der Waals surface area contributed by atoms with Gasteiger partial charge in [-0.1, -0.05) is 6.92 Å². The van der Waals surface area contributed by atoms with Gasteiger partial charge < -0.3 is 5.32 Å². The monoisotopic (exact) mass is 274 g/mol. The number of hydrogen-bond acceptors (Lipinski definition) is 3.